The van der Waals surface area contributed by atoms with Crippen LogP contribution in [0, 0.1) is 0 Å². The first-order valence-corrected chi connectivity index (χ1v) is 13.0. The molecule has 4 rings (SSSR count). The Labute approximate surface area is 208 Å². The van der Waals surface area contributed by atoms with Gasteiger partial charge in [0.2, 0.25) is 18.4 Å². The molecule has 0 aliphatic carbocycles. The number of likely N-dealkylation sites (tertiary alicyclic amines) is 1. The van der Waals surface area contributed by atoms with Gasteiger partial charge in [-0.05, 0) is 55.7 Å². The summed E-state index contributed by atoms with van der Waals surface area (Å²) in [5.41, 5.74) is 1.14. The van der Waals surface area contributed by atoms with Crippen molar-refractivity contribution in [1.29, 1.82) is 0 Å². The van der Waals surface area contributed by atoms with E-state index < -0.39 is 0 Å². The first-order valence-electron chi connectivity index (χ1n) is 13.0. The van der Waals surface area contributed by atoms with Gasteiger partial charge in [-0.25, -0.2) is 0 Å². The Morgan fingerprint density at radius 3 is 2.71 bits per heavy atom. The van der Waals surface area contributed by atoms with Crippen LogP contribution >= 0.6 is 0 Å². The van der Waals surface area contributed by atoms with E-state index in [1.54, 1.807) is 7.11 Å². The Morgan fingerprint density at radius 1 is 1.17 bits per heavy atom. The zero-order chi connectivity index (χ0) is 24.6. The standard InChI is InChI=1S/C26H40N2O7/c1-3-4-8-27(9-5-10-29)24(30)17-28-16-20(13-21(28)6-7-25-32-11-12-33-25)19-14-22(31-2)26-23(15-19)34-18-35-26/h14-15,20-21,25,29H,3-13,16-18H2,1-2H3/t20-,21+/m1/s1. The van der Waals surface area contributed by atoms with Crippen LogP contribution in [-0.4, -0.2) is 93.0 Å². The van der Waals surface area contributed by atoms with Gasteiger partial charge in [0, 0.05) is 32.3 Å². The Kier molecular flexibility index (Phi) is 9.48. The highest BCUT2D eigenvalue weighted by Gasteiger charge is 2.36. The second kappa shape index (κ2) is 12.8. The number of ether oxygens (including phenoxy) is 5. The molecule has 196 valence electrons. The molecule has 1 aromatic rings. The lowest BCUT2D eigenvalue weighted by Crippen LogP contribution is -2.43. The number of carbonyl (C=O) groups excluding carboxylic acids is 1. The minimum absolute atomic E-state index is 0.0949. The molecule has 1 N–H and O–H groups in total. The van der Waals surface area contributed by atoms with Crippen LogP contribution in [0.2, 0.25) is 0 Å². The van der Waals surface area contributed by atoms with Gasteiger partial charge in [0.25, 0.3) is 0 Å². The molecule has 0 spiro atoms. The number of benzene rings is 1. The van der Waals surface area contributed by atoms with Crippen molar-refractivity contribution in [1.82, 2.24) is 9.80 Å². The van der Waals surface area contributed by atoms with Crippen LogP contribution in [-0.2, 0) is 14.3 Å². The monoisotopic (exact) mass is 492 g/mol. The zero-order valence-corrected chi connectivity index (χ0v) is 21.1. The smallest absolute Gasteiger partial charge is 0.236 e. The minimum Gasteiger partial charge on any atom is -0.493 e. The molecule has 9 nitrogen and oxygen atoms in total. The predicted molar refractivity (Wildman–Crippen MR) is 130 cm³/mol. The number of aliphatic hydroxyl groups is 1. The minimum atomic E-state index is -0.150. The Bertz CT molecular complexity index is 822. The van der Waals surface area contributed by atoms with Crippen LogP contribution < -0.4 is 14.2 Å². The maximum absolute atomic E-state index is 13.3. The van der Waals surface area contributed by atoms with E-state index >= 15 is 0 Å². The molecular formula is C26H40N2O7. The van der Waals surface area contributed by atoms with Crippen LogP contribution in [0.1, 0.15) is 56.9 Å². The molecule has 2 fully saturated rings. The summed E-state index contributed by atoms with van der Waals surface area (Å²) in [7, 11) is 1.64. The number of unbranched alkanes of at least 4 members (excludes halogenated alkanes) is 1. The second-order valence-electron chi connectivity index (χ2n) is 9.53. The van der Waals surface area contributed by atoms with E-state index in [9.17, 15) is 9.90 Å². The van der Waals surface area contributed by atoms with Crippen molar-refractivity contribution in [2.24, 2.45) is 0 Å². The van der Waals surface area contributed by atoms with Gasteiger partial charge in [0.15, 0.2) is 17.8 Å². The Balaban J connectivity index is 1.47. The number of amides is 1. The van der Waals surface area contributed by atoms with E-state index in [-0.39, 0.29) is 37.6 Å². The molecule has 2 atom stereocenters. The van der Waals surface area contributed by atoms with Gasteiger partial charge >= 0.3 is 0 Å². The molecule has 3 aliphatic heterocycles. The van der Waals surface area contributed by atoms with Crippen molar-refractivity contribution < 1.29 is 33.6 Å². The van der Waals surface area contributed by atoms with Crippen molar-refractivity contribution in [2.75, 3.05) is 59.9 Å². The van der Waals surface area contributed by atoms with E-state index in [0.717, 1.165) is 50.8 Å². The van der Waals surface area contributed by atoms with Crippen molar-refractivity contribution in [3.05, 3.63) is 17.7 Å². The van der Waals surface area contributed by atoms with E-state index in [1.807, 2.05) is 11.0 Å². The first kappa shape index (κ1) is 26.0. The maximum Gasteiger partial charge on any atom is 0.236 e. The third kappa shape index (κ3) is 6.58. The lowest BCUT2D eigenvalue weighted by Gasteiger charge is -2.29. The topological polar surface area (TPSA) is 89.9 Å². The largest absolute Gasteiger partial charge is 0.493 e. The van der Waals surface area contributed by atoms with Gasteiger partial charge in [-0.2, -0.15) is 0 Å². The molecule has 1 amide bonds. The van der Waals surface area contributed by atoms with Gasteiger partial charge in [-0.15, -0.1) is 0 Å². The SMILES string of the molecule is CCCCN(CCCO)C(=O)CN1C[C@H](c2cc(OC)c3c(c2)OCO3)C[C@@H]1CCC1OCCO1. The number of rotatable bonds is 13. The fourth-order valence-corrected chi connectivity index (χ4v) is 5.25. The summed E-state index contributed by atoms with van der Waals surface area (Å²) in [4.78, 5) is 17.5. The van der Waals surface area contributed by atoms with Gasteiger partial charge in [-0.1, -0.05) is 13.3 Å². The predicted octanol–water partition coefficient (Wildman–Crippen LogP) is 2.75. The number of nitrogens with zero attached hydrogens (tertiary/aromatic N) is 2. The Morgan fingerprint density at radius 2 is 1.97 bits per heavy atom. The number of hydrogen-bond acceptors (Lipinski definition) is 8. The summed E-state index contributed by atoms with van der Waals surface area (Å²) in [6, 6.07) is 4.34. The summed E-state index contributed by atoms with van der Waals surface area (Å²) in [6.07, 6.45) is 5.12. The fourth-order valence-electron chi connectivity index (χ4n) is 5.25. The normalized spacial score (nSPS) is 22.1. The molecule has 0 aromatic heterocycles. The van der Waals surface area contributed by atoms with Crippen molar-refractivity contribution in [2.45, 2.75) is 63.7 Å². The molecule has 2 saturated heterocycles. The molecule has 0 bridgehead atoms. The third-order valence-corrected chi connectivity index (χ3v) is 7.17. The molecule has 3 heterocycles. The second-order valence-corrected chi connectivity index (χ2v) is 9.53. The molecule has 0 saturated carbocycles. The zero-order valence-electron chi connectivity index (χ0n) is 21.1. The average molecular weight is 493 g/mol. The summed E-state index contributed by atoms with van der Waals surface area (Å²) >= 11 is 0. The van der Waals surface area contributed by atoms with Gasteiger partial charge in [0.05, 0.1) is 26.9 Å². The van der Waals surface area contributed by atoms with E-state index in [0.29, 0.717) is 50.0 Å². The van der Waals surface area contributed by atoms with Crippen molar-refractivity contribution in [3.8, 4) is 17.2 Å². The molecule has 1 aromatic carbocycles. The summed E-state index contributed by atoms with van der Waals surface area (Å²) in [5.74, 6) is 2.44. The highest BCUT2D eigenvalue weighted by Crippen LogP contribution is 2.45. The van der Waals surface area contributed by atoms with E-state index in [4.69, 9.17) is 23.7 Å². The highest BCUT2D eigenvalue weighted by molar-refractivity contribution is 5.78. The third-order valence-electron chi connectivity index (χ3n) is 7.17. The van der Waals surface area contributed by atoms with E-state index in [1.165, 1.54) is 0 Å². The molecule has 35 heavy (non-hydrogen) atoms. The summed E-state index contributed by atoms with van der Waals surface area (Å²) < 4.78 is 28.1. The van der Waals surface area contributed by atoms with Crippen molar-refractivity contribution in [3.63, 3.8) is 0 Å². The lowest BCUT2D eigenvalue weighted by atomic mass is 9.94. The molecule has 0 radical (unpaired) electrons. The summed E-state index contributed by atoms with van der Waals surface area (Å²) in [5, 5.41) is 9.29. The first-order chi connectivity index (χ1) is 17.1. The van der Waals surface area contributed by atoms with Gasteiger partial charge < -0.3 is 33.7 Å². The van der Waals surface area contributed by atoms with Gasteiger partial charge in [0.1, 0.15) is 0 Å². The fraction of sp³-hybridized carbons (Fsp3) is 0.731. The maximum atomic E-state index is 13.3. The number of hydrogen-bond donors (Lipinski definition) is 1. The molecular weight excluding hydrogens is 452 g/mol. The highest BCUT2D eigenvalue weighted by atomic mass is 16.7. The number of aliphatic hydroxyl groups excluding tert-OH is 1. The van der Waals surface area contributed by atoms with Crippen LogP contribution in [0.3, 0.4) is 0 Å². The van der Waals surface area contributed by atoms with Crippen LogP contribution in [0.25, 0.3) is 0 Å². The number of carbonyl (C=O) groups is 1. The van der Waals surface area contributed by atoms with Crippen LogP contribution in [0.5, 0.6) is 17.2 Å². The van der Waals surface area contributed by atoms with Crippen LogP contribution in [0.4, 0.5) is 0 Å². The molecule has 9 heteroatoms. The Hall–Kier alpha value is -2.07. The van der Waals surface area contributed by atoms with Gasteiger partial charge in [-0.3, -0.25) is 9.69 Å². The van der Waals surface area contributed by atoms with E-state index in [2.05, 4.69) is 17.9 Å². The van der Waals surface area contributed by atoms with Crippen molar-refractivity contribution >= 4 is 5.91 Å². The number of methoxy groups -OCH3 is 1. The molecule has 3 aliphatic rings. The average Bonchev–Trinajstić information content (AvgIpc) is 3.63. The lowest BCUT2D eigenvalue weighted by molar-refractivity contribution is -0.133. The molecule has 0 unspecified atom stereocenters. The van der Waals surface area contributed by atoms with Crippen LogP contribution in [0.15, 0.2) is 12.1 Å². The quantitative estimate of drug-likeness (QED) is 0.450. The summed E-state index contributed by atoms with van der Waals surface area (Å²) in [6.45, 7) is 6.22. The number of fused-ring (bicyclic) bond motifs is 1.